The molecule has 0 amide bonds. The number of nitrogens with one attached hydrogen (secondary N) is 2. The molecule has 0 bridgehead atoms. The van der Waals surface area contributed by atoms with E-state index in [-0.39, 0.29) is 0 Å². The number of aromatic nitrogens is 2. The molecule has 0 spiro atoms. The molecule has 4 N–H and O–H groups in total. The van der Waals surface area contributed by atoms with Crippen LogP contribution in [-0.2, 0) is 4.74 Å². The Labute approximate surface area is 98.7 Å². The van der Waals surface area contributed by atoms with Crippen LogP contribution in [0.3, 0.4) is 0 Å². The summed E-state index contributed by atoms with van der Waals surface area (Å²) in [4.78, 5) is 0. The Kier molecular flexibility index (Phi) is 2.58. The number of anilines is 2. The van der Waals surface area contributed by atoms with Gasteiger partial charge in [0, 0.05) is 18.5 Å². The highest BCUT2D eigenvalue weighted by atomic mass is 16.5. The molecule has 1 aliphatic rings. The Balaban J connectivity index is 1.85. The normalized spacial score (nSPS) is 17.4. The van der Waals surface area contributed by atoms with Crippen LogP contribution in [0.5, 0.6) is 0 Å². The van der Waals surface area contributed by atoms with Gasteiger partial charge in [-0.1, -0.05) is 0 Å². The lowest BCUT2D eigenvalue weighted by molar-refractivity contribution is 0.0497. The van der Waals surface area contributed by atoms with E-state index in [1.54, 1.807) is 6.20 Å². The lowest BCUT2D eigenvalue weighted by atomic mass is 10.2. The Hall–Kier alpha value is -1.79. The maximum Gasteiger partial charge on any atom is 0.0741 e. The van der Waals surface area contributed by atoms with E-state index in [9.17, 15) is 0 Å². The van der Waals surface area contributed by atoms with Crippen LogP contribution in [-0.4, -0.2) is 41.5 Å². The summed E-state index contributed by atoms with van der Waals surface area (Å²) in [7, 11) is 0. The number of nitrogens with zero attached hydrogens (tertiary/aromatic N) is 2. The summed E-state index contributed by atoms with van der Waals surface area (Å²) in [5.41, 5.74) is 11.9. The largest absolute Gasteiger partial charge is 0.397 e. The maximum absolute atomic E-state index is 6.00. The summed E-state index contributed by atoms with van der Waals surface area (Å²) in [6.07, 6.45) is 1.77. The number of ether oxygens (including phenoxy) is 1. The molecule has 6 nitrogen and oxygen atoms in total. The molecule has 90 valence electrons. The van der Waals surface area contributed by atoms with Crippen molar-refractivity contribution < 1.29 is 4.74 Å². The fourth-order valence-corrected chi connectivity index (χ4v) is 1.95. The van der Waals surface area contributed by atoms with Crippen LogP contribution in [0.1, 0.15) is 0 Å². The minimum Gasteiger partial charge on any atom is -0.397 e. The minimum absolute atomic E-state index is 0.727. The molecule has 1 aromatic carbocycles. The third-order valence-corrected chi connectivity index (χ3v) is 2.90. The van der Waals surface area contributed by atoms with Gasteiger partial charge in [0.15, 0.2) is 0 Å². The molecule has 2 heterocycles. The second-order valence-corrected chi connectivity index (χ2v) is 4.11. The predicted molar refractivity (Wildman–Crippen MR) is 66.5 cm³/mol. The molecule has 0 saturated carbocycles. The van der Waals surface area contributed by atoms with Crippen LogP contribution in [0, 0.1) is 0 Å². The smallest absolute Gasteiger partial charge is 0.0741 e. The van der Waals surface area contributed by atoms with E-state index in [2.05, 4.69) is 20.6 Å². The first kappa shape index (κ1) is 10.4. The quantitative estimate of drug-likeness (QED) is 0.669. The highest BCUT2D eigenvalue weighted by molar-refractivity contribution is 5.88. The average molecular weight is 233 g/mol. The highest BCUT2D eigenvalue weighted by Gasteiger charge is 2.12. The third kappa shape index (κ3) is 2.04. The molecular weight excluding hydrogens is 218 g/mol. The number of nitrogen functional groups attached to an aromatic ring is 1. The van der Waals surface area contributed by atoms with Crippen molar-refractivity contribution in [1.29, 1.82) is 0 Å². The van der Waals surface area contributed by atoms with E-state index in [0.29, 0.717) is 0 Å². The van der Waals surface area contributed by atoms with Crippen molar-refractivity contribution in [1.82, 2.24) is 15.2 Å². The van der Waals surface area contributed by atoms with Crippen LogP contribution in [0.2, 0.25) is 0 Å². The van der Waals surface area contributed by atoms with Gasteiger partial charge in [0.2, 0.25) is 0 Å². The Bertz CT molecular complexity index is 518. The number of morpholine rings is 1. The monoisotopic (exact) mass is 233 g/mol. The zero-order valence-corrected chi connectivity index (χ0v) is 9.44. The van der Waals surface area contributed by atoms with Gasteiger partial charge in [-0.3, -0.25) is 5.10 Å². The van der Waals surface area contributed by atoms with Gasteiger partial charge >= 0.3 is 0 Å². The topological polar surface area (TPSA) is 79.2 Å². The number of fused-ring (bicyclic) bond motifs is 1. The molecule has 0 atom stereocenters. The number of benzene rings is 1. The summed E-state index contributed by atoms with van der Waals surface area (Å²) >= 11 is 0. The molecule has 0 radical (unpaired) electrons. The summed E-state index contributed by atoms with van der Waals surface area (Å²) in [5, 5.41) is 10.1. The van der Waals surface area contributed by atoms with Crippen molar-refractivity contribution in [3.8, 4) is 0 Å². The molecule has 1 aliphatic heterocycles. The minimum atomic E-state index is 0.727. The first-order chi connectivity index (χ1) is 8.33. The van der Waals surface area contributed by atoms with E-state index in [0.717, 1.165) is 48.6 Å². The molecule has 6 heteroatoms. The van der Waals surface area contributed by atoms with E-state index in [4.69, 9.17) is 10.5 Å². The molecule has 17 heavy (non-hydrogen) atoms. The van der Waals surface area contributed by atoms with Crippen molar-refractivity contribution in [2.45, 2.75) is 0 Å². The summed E-state index contributed by atoms with van der Waals surface area (Å²) in [6.45, 7) is 3.22. The number of nitrogens with two attached hydrogens (primary N) is 1. The van der Waals surface area contributed by atoms with Crippen LogP contribution in [0.15, 0.2) is 18.3 Å². The standard InChI is InChI=1S/C11H15N5O/c12-9-5-8-7-13-14-10(8)6-11(9)15-16-1-3-17-4-2-16/h5-7,15H,1-4,12H2,(H,13,14). The number of rotatable bonds is 2. The van der Waals surface area contributed by atoms with Gasteiger partial charge in [-0.05, 0) is 12.1 Å². The van der Waals surface area contributed by atoms with Gasteiger partial charge in [-0.15, -0.1) is 0 Å². The fourth-order valence-electron chi connectivity index (χ4n) is 1.95. The molecule has 3 rings (SSSR count). The molecular formula is C11H15N5O. The number of H-pyrrole nitrogens is 1. The van der Waals surface area contributed by atoms with Gasteiger partial charge in [-0.25, -0.2) is 5.01 Å². The molecule has 2 aromatic rings. The van der Waals surface area contributed by atoms with Gasteiger partial charge in [0.1, 0.15) is 0 Å². The van der Waals surface area contributed by atoms with E-state index in [1.165, 1.54) is 0 Å². The molecule has 0 aliphatic carbocycles. The zero-order chi connectivity index (χ0) is 11.7. The first-order valence-electron chi connectivity index (χ1n) is 5.65. The van der Waals surface area contributed by atoms with Crippen molar-refractivity contribution in [2.24, 2.45) is 0 Å². The van der Waals surface area contributed by atoms with Crippen molar-refractivity contribution >= 4 is 22.3 Å². The van der Waals surface area contributed by atoms with Gasteiger partial charge in [0.25, 0.3) is 0 Å². The molecule has 1 saturated heterocycles. The highest BCUT2D eigenvalue weighted by Crippen LogP contribution is 2.25. The van der Waals surface area contributed by atoms with E-state index >= 15 is 0 Å². The van der Waals surface area contributed by atoms with Crippen molar-refractivity contribution in [3.63, 3.8) is 0 Å². The van der Waals surface area contributed by atoms with Crippen molar-refractivity contribution in [3.05, 3.63) is 18.3 Å². The maximum atomic E-state index is 6.00. The third-order valence-electron chi connectivity index (χ3n) is 2.90. The summed E-state index contributed by atoms with van der Waals surface area (Å²) < 4.78 is 5.30. The zero-order valence-electron chi connectivity index (χ0n) is 9.44. The number of hydrogen-bond donors (Lipinski definition) is 3. The van der Waals surface area contributed by atoms with E-state index in [1.807, 2.05) is 12.1 Å². The second kappa shape index (κ2) is 4.23. The average Bonchev–Trinajstić information content (AvgIpc) is 2.78. The first-order valence-corrected chi connectivity index (χ1v) is 5.65. The number of hydrogen-bond acceptors (Lipinski definition) is 5. The Morgan fingerprint density at radius 3 is 3.00 bits per heavy atom. The SMILES string of the molecule is Nc1cc2cn[nH]c2cc1NN1CCOCC1. The lowest BCUT2D eigenvalue weighted by Crippen LogP contribution is -2.40. The van der Waals surface area contributed by atoms with E-state index < -0.39 is 0 Å². The number of aromatic amines is 1. The van der Waals surface area contributed by atoms with Crippen molar-refractivity contribution in [2.75, 3.05) is 37.5 Å². The molecule has 1 fully saturated rings. The van der Waals surface area contributed by atoms with Gasteiger partial charge < -0.3 is 15.9 Å². The Morgan fingerprint density at radius 1 is 1.35 bits per heavy atom. The lowest BCUT2D eigenvalue weighted by Gasteiger charge is -2.28. The summed E-state index contributed by atoms with van der Waals surface area (Å²) in [5.74, 6) is 0. The van der Waals surface area contributed by atoms with Crippen LogP contribution in [0.4, 0.5) is 11.4 Å². The molecule has 1 aromatic heterocycles. The van der Waals surface area contributed by atoms with Crippen LogP contribution in [0.25, 0.3) is 10.9 Å². The fraction of sp³-hybridized carbons (Fsp3) is 0.364. The predicted octanol–water partition coefficient (Wildman–Crippen LogP) is 0.804. The number of hydrazine groups is 1. The van der Waals surface area contributed by atoms with Gasteiger partial charge in [-0.2, -0.15) is 5.10 Å². The second-order valence-electron chi connectivity index (χ2n) is 4.11. The molecule has 0 unspecified atom stereocenters. The van der Waals surface area contributed by atoms with Crippen LogP contribution >= 0.6 is 0 Å². The summed E-state index contributed by atoms with van der Waals surface area (Å²) in [6, 6.07) is 3.90. The van der Waals surface area contributed by atoms with Gasteiger partial charge in [0.05, 0.1) is 36.3 Å². The Morgan fingerprint density at radius 2 is 2.18 bits per heavy atom. The van der Waals surface area contributed by atoms with Crippen LogP contribution < -0.4 is 11.2 Å².